The number of carbonyl (C=O) groups is 5. The summed E-state index contributed by atoms with van der Waals surface area (Å²) in [6.45, 7) is 8.87. The van der Waals surface area contributed by atoms with Crippen LogP contribution in [0.5, 0.6) is 28.7 Å². The lowest BCUT2D eigenvalue weighted by atomic mass is 9.85. The lowest BCUT2D eigenvalue weighted by Gasteiger charge is -2.34. The normalized spacial score (nSPS) is 25.1. The summed E-state index contributed by atoms with van der Waals surface area (Å²) in [6, 6.07) is 7.74. The maximum absolute atomic E-state index is 14.2. The zero-order chi connectivity index (χ0) is 53.7. The van der Waals surface area contributed by atoms with Gasteiger partial charge in [0.1, 0.15) is 11.9 Å². The molecule has 2 aromatic rings. The molecule has 73 heavy (non-hydrogen) atoms. The molecule has 21 nitrogen and oxygen atoms in total. The summed E-state index contributed by atoms with van der Waals surface area (Å²) in [7, 11) is 7.21. The third-order valence-corrected chi connectivity index (χ3v) is 12.9. The Morgan fingerprint density at radius 1 is 0.890 bits per heavy atom. The van der Waals surface area contributed by atoms with Crippen LogP contribution in [-0.4, -0.2) is 160 Å². The highest BCUT2D eigenvalue weighted by atomic mass is 16.6. The van der Waals surface area contributed by atoms with E-state index in [0.29, 0.717) is 48.0 Å². The molecule has 8 N–H and O–H groups in total. The Bertz CT molecular complexity index is 2520. The van der Waals surface area contributed by atoms with Gasteiger partial charge in [0.05, 0.1) is 58.0 Å². The summed E-state index contributed by atoms with van der Waals surface area (Å²) < 4.78 is 38.5. The number of nitrogens with two attached hydrogens (primary N) is 1. The zero-order valence-corrected chi connectivity index (χ0v) is 42.7. The maximum Gasteiger partial charge on any atom is 0.415 e. The van der Waals surface area contributed by atoms with Gasteiger partial charge in [-0.1, -0.05) is 45.1 Å². The molecule has 1 aliphatic carbocycles. The van der Waals surface area contributed by atoms with E-state index in [9.17, 15) is 39.3 Å². The van der Waals surface area contributed by atoms with Gasteiger partial charge in [0.25, 0.3) is 0 Å². The molecule has 0 radical (unpaired) electrons. The van der Waals surface area contributed by atoms with Crippen molar-refractivity contribution in [3.05, 3.63) is 88.3 Å². The van der Waals surface area contributed by atoms with E-state index in [1.807, 2.05) is 6.92 Å². The number of carbonyl (C=O) groups excluding carboxylic acids is 5. The molecule has 1 saturated heterocycles. The average Bonchev–Trinajstić information content (AvgIpc) is 3.37. The fourth-order valence-electron chi connectivity index (χ4n) is 8.84. The van der Waals surface area contributed by atoms with E-state index in [0.717, 1.165) is 12.3 Å². The van der Waals surface area contributed by atoms with E-state index in [1.165, 1.54) is 77.7 Å². The second kappa shape index (κ2) is 26.0. The molecule has 1 fully saturated rings. The highest BCUT2D eigenvalue weighted by molar-refractivity contribution is 6.23. The second-order valence-corrected chi connectivity index (χ2v) is 18.0. The molecule has 2 bridgehead atoms. The summed E-state index contributed by atoms with van der Waals surface area (Å²) in [5.74, 6) is -2.59. The van der Waals surface area contributed by atoms with Gasteiger partial charge in [-0.3, -0.25) is 19.3 Å². The molecule has 5 rings (SSSR count). The lowest BCUT2D eigenvalue weighted by molar-refractivity contribution is -0.124. The van der Waals surface area contributed by atoms with Crippen LogP contribution in [0.2, 0.25) is 0 Å². The minimum Gasteiger partial charge on any atom is -0.507 e. The molecule has 21 heteroatoms. The van der Waals surface area contributed by atoms with E-state index in [1.54, 1.807) is 32.1 Å². The average molecular weight is 1020 g/mol. The minimum atomic E-state index is -1.43. The summed E-state index contributed by atoms with van der Waals surface area (Å²) >= 11 is 0. The summed E-state index contributed by atoms with van der Waals surface area (Å²) in [5, 5.41) is 47.8. The van der Waals surface area contributed by atoms with Gasteiger partial charge in [0.2, 0.25) is 23.2 Å². The Hall–Kier alpha value is -7.20. The first-order valence-corrected chi connectivity index (χ1v) is 23.7. The topological polar surface area (TPSA) is 291 Å². The van der Waals surface area contributed by atoms with Crippen LogP contribution >= 0.6 is 0 Å². The van der Waals surface area contributed by atoms with Crippen LogP contribution in [0, 0.1) is 23.2 Å². The molecule has 4 unspecified atom stereocenters. The molecule has 0 spiro atoms. The lowest BCUT2D eigenvalue weighted by Crippen LogP contribution is -2.51. The number of primary amides is 1. The number of amides is 3. The van der Waals surface area contributed by atoms with Crippen molar-refractivity contribution in [1.29, 1.82) is 5.41 Å². The zero-order valence-electron chi connectivity index (χ0n) is 42.7. The molecule has 0 saturated carbocycles. The van der Waals surface area contributed by atoms with E-state index < -0.39 is 65.9 Å². The van der Waals surface area contributed by atoms with Crippen LogP contribution in [0.15, 0.2) is 77.2 Å². The van der Waals surface area contributed by atoms with Gasteiger partial charge >= 0.3 is 12.2 Å². The van der Waals surface area contributed by atoms with Crippen LogP contribution < -0.4 is 40.1 Å². The Kier molecular flexibility index (Phi) is 20.2. The Morgan fingerprint density at radius 3 is 2.12 bits per heavy atom. The number of aliphatic hydroxyl groups excluding tert-OH is 3. The molecule has 2 aromatic carbocycles. The maximum atomic E-state index is 14.2. The van der Waals surface area contributed by atoms with Crippen molar-refractivity contribution in [3.8, 4) is 28.7 Å². The van der Waals surface area contributed by atoms with Crippen molar-refractivity contribution in [1.82, 2.24) is 20.4 Å². The van der Waals surface area contributed by atoms with Crippen molar-refractivity contribution >= 4 is 47.2 Å². The molecule has 396 valence electrons. The number of benzene rings is 2. The number of piperazine rings is 1. The monoisotopic (exact) mass is 1020 g/mol. The largest absolute Gasteiger partial charge is 0.507 e. The fraction of sp³-hybridized carbons (Fsp3) is 0.462. The minimum absolute atomic E-state index is 0.0596. The number of allylic oxidation sites excluding steroid dienone is 3. The van der Waals surface area contributed by atoms with Crippen LogP contribution in [-0.2, 0) is 23.9 Å². The molecule has 2 heterocycles. The molecule has 3 aliphatic rings. The van der Waals surface area contributed by atoms with E-state index >= 15 is 0 Å². The molecule has 3 amide bonds. The van der Waals surface area contributed by atoms with Crippen LogP contribution in [0.25, 0.3) is 11.3 Å². The van der Waals surface area contributed by atoms with Gasteiger partial charge in [0.15, 0.2) is 29.1 Å². The Labute approximate surface area is 424 Å². The van der Waals surface area contributed by atoms with Crippen molar-refractivity contribution in [2.24, 2.45) is 23.5 Å². The number of ether oxygens (including phenoxy) is 7. The first-order valence-electron chi connectivity index (χ1n) is 23.7. The van der Waals surface area contributed by atoms with Crippen LogP contribution in [0.3, 0.4) is 0 Å². The predicted molar refractivity (Wildman–Crippen MR) is 270 cm³/mol. The number of rotatable bonds is 14. The SMILES string of the molecule is COc1ccc(/C(C=N)=C(/O)c2cc(OC)c(OC)c(OC)c2)cc1OC(=O)N1CCN(CCNC2=C3C[C@@H](C)CC(OC)C(O)[C@@H](C)/C=C(\C)[C@H](OC(N)=O)C(O)/C=C\C(C)C(=O)NC(=CC2=O)C3=O)CC1. The highest BCUT2D eigenvalue weighted by Gasteiger charge is 2.34. The molecule has 0 aromatic heterocycles. The highest BCUT2D eigenvalue weighted by Crippen LogP contribution is 2.41. The number of ketones is 2. The summed E-state index contributed by atoms with van der Waals surface area (Å²) in [6.07, 6.45) is 0.419. The molecular weight excluding hydrogens is 949 g/mol. The van der Waals surface area contributed by atoms with Crippen molar-refractivity contribution in [2.75, 3.05) is 74.8 Å². The van der Waals surface area contributed by atoms with Crippen molar-refractivity contribution < 1.29 is 72.5 Å². The summed E-state index contributed by atoms with van der Waals surface area (Å²) in [5.41, 5.74) is 6.46. The number of fused-ring (bicyclic) bond motifs is 2. The Balaban J connectivity index is 1.28. The van der Waals surface area contributed by atoms with E-state index in [4.69, 9.17) is 44.3 Å². The fourth-order valence-corrected chi connectivity index (χ4v) is 8.84. The smallest absolute Gasteiger partial charge is 0.415 e. The van der Waals surface area contributed by atoms with Crippen molar-refractivity contribution in [2.45, 2.75) is 65.0 Å². The number of Topliss-reactive ketones (excluding diaryl/α,β-unsaturated/α-hetero) is 1. The number of methoxy groups -OCH3 is 5. The predicted octanol–water partition coefficient (Wildman–Crippen LogP) is 4.31. The number of aliphatic hydroxyl groups is 3. The van der Waals surface area contributed by atoms with Gasteiger partial charge in [-0.25, -0.2) is 9.59 Å². The second-order valence-electron chi connectivity index (χ2n) is 18.0. The van der Waals surface area contributed by atoms with E-state index in [2.05, 4.69) is 15.5 Å². The number of nitrogens with one attached hydrogen (secondary N) is 3. The first kappa shape index (κ1) is 56.7. The van der Waals surface area contributed by atoms with Crippen LogP contribution in [0.4, 0.5) is 9.59 Å². The standard InChI is InChI=1S/C52H68N6O15/c1-28-20-34-44(38(60)26-36(47(34)63)56-50(64)29(2)10-12-37(59)48(73-51(54)65)31(4)22-30(3)45(61)41(21-28)68-6)55-14-15-57-16-18-58(19-17-57)52(66)72-40-23-32(11-13-39(40)67-5)35(27-53)46(62)33-24-42(69-7)49(71-9)43(25-33)70-8/h10-13,22-30,37,41,45,48,53,55,59,61-62H,14-21H2,1-9H3,(H2,54,65)(H,56,64)/b12-10-,31-22+,46-35+,53-27?/t28-,29?,30+,37?,41?,45?,48+/m1/s1. The number of nitrogens with zero attached hydrogens (tertiary/aromatic N) is 2. The van der Waals surface area contributed by atoms with Gasteiger partial charge in [0, 0.05) is 81.3 Å². The number of hydrogen-bond acceptors (Lipinski definition) is 18. The summed E-state index contributed by atoms with van der Waals surface area (Å²) in [4.78, 5) is 70.4. The van der Waals surface area contributed by atoms with E-state index in [-0.39, 0.29) is 83.8 Å². The molecular formula is C52H68N6O15. The first-order chi connectivity index (χ1) is 34.8. The Morgan fingerprint density at radius 2 is 1.53 bits per heavy atom. The molecule has 7 atom stereocenters. The van der Waals surface area contributed by atoms with Gasteiger partial charge in [-0.15, -0.1) is 0 Å². The quantitative estimate of drug-likeness (QED) is 0.0456. The number of hydrogen-bond donors (Lipinski definition) is 7. The van der Waals surface area contributed by atoms with Gasteiger partial charge < -0.3 is 75.2 Å². The van der Waals surface area contributed by atoms with Gasteiger partial charge in [-0.05, 0) is 61.1 Å². The van der Waals surface area contributed by atoms with Crippen LogP contribution in [0.1, 0.15) is 51.7 Å². The third kappa shape index (κ3) is 14.1. The third-order valence-electron chi connectivity index (χ3n) is 12.9. The van der Waals surface area contributed by atoms with Crippen molar-refractivity contribution in [3.63, 3.8) is 0 Å². The molecule has 2 aliphatic heterocycles. The van der Waals surface area contributed by atoms with Gasteiger partial charge in [-0.2, -0.15) is 0 Å².